The van der Waals surface area contributed by atoms with Crippen LogP contribution in [0.1, 0.15) is 24.1 Å². The first-order valence-electron chi connectivity index (χ1n) is 9.48. The molecule has 2 heterocycles. The van der Waals surface area contributed by atoms with Crippen LogP contribution in [0.25, 0.3) is 0 Å². The predicted molar refractivity (Wildman–Crippen MR) is 103 cm³/mol. The van der Waals surface area contributed by atoms with E-state index in [1.807, 2.05) is 11.8 Å². The molecule has 0 N–H and O–H groups in total. The maximum absolute atomic E-state index is 13.0. The number of halogens is 3. The second-order valence-corrected chi connectivity index (χ2v) is 7.27. The molecule has 1 unspecified atom stereocenters. The smallest absolute Gasteiger partial charge is 0.416 e. The SMILES string of the molecule is CC(c1cc2c(cc1[N+](=O)[O-])OCO2)N1CCN(c2cccc(C(F)(F)F)c2)CC1. The van der Waals surface area contributed by atoms with Crippen LogP contribution >= 0.6 is 0 Å². The molecule has 2 aromatic carbocycles. The Morgan fingerprint density at radius 2 is 1.73 bits per heavy atom. The number of rotatable bonds is 4. The number of hydrogen-bond donors (Lipinski definition) is 0. The highest BCUT2D eigenvalue weighted by atomic mass is 19.4. The molecule has 4 rings (SSSR count). The number of nitro benzene ring substituents is 1. The normalized spacial score (nSPS) is 17.8. The third-order valence-corrected chi connectivity index (χ3v) is 5.57. The van der Waals surface area contributed by atoms with Crippen LogP contribution in [0.4, 0.5) is 24.5 Å². The van der Waals surface area contributed by atoms with Crippen LogP contribution in [0, 0.1) is 10.1 Å². The molecule has 0 saturated carbocycles. The van der Waals surface area contributed by atoms with Crippen molar-refractivity contribution >= 4 is 11.4 Å². The van der Waals surface area contributed by atoms with Gasteiger partial charge in [0.2, 0.25) is 6.79 Å². The van der Waals surface area contributed by atoms with Crippen LogP contribution in [-0.4, -0.2) is 42.8 Å². The molecule has 2 aliphatic rings. The highest BCUT2D eigenvalue weighted by Gasteiger charge is 2.33. The molecule has 0 aromatic heterocycles. The molecule has 0 spiro atoms. The molecule has 30 heavy (non-hydrogen) atoms. The van der Waals surface area contributed by atoms with E-state index in [-0.39, 0.29) is 18.5 Å². The molecular weight excluding hydrogens is 403 g/mol. The fourth-order valence-electron chi connectivity index (χ4n) is 3.88. The topological polar surface area (TPSA) is 68.1 Å². The van der Waals surface area contributed by atoms with Crippen molar-refractivity contribution < 1.29 is 27.6 Å². The van der Waals surface area contributed by atoms with E-state index in [0.717, 1.165) is 12.1 Å². The lowest BCUT2D eigenvalue weighted by atomic mass is 10.0. The van der Waals surface area contributed by atoms with Gasteiger partial charge in [-0.1, -0.05) is 6.07 Å². The van der Waals surface area contributed by atoms with Gasteiger partial charge < -0.3 is 14.4 Å². The van der Waals surface area contributed by atoms with Crippen LogP contribution in [0.3, 0.4) is 0 Å². The Bertz CT molecular complexity index is 959. The highest BCUT2D eigenvalue weighted by Crippen LogP contribution is 2.41. The van der Waals surface area contributed by atoms with Crippen LogP contribution in [0.15, 0.2) is 36.4 Å². The molecule has 0 aliphatic carbocycles. The fraction of sp³-hybridized carbons (Fsp3) is 0.400. The van der Waals surface area contributed by atoms with Gasteiger partial charge in [0.05, 0.1) is 22.1 Å². The summed E-state index contributed by atoms with van der Waals surface area (Å²) in [7, 11) is 0. The Balaban J connectivity index is 1.49. The van der Waals surface area contributed by atoms with Gasteiger partial charge in [0.15, 0.2) is 11.5 Å². The first-order chi connectivity index (χ1) is 14.2. The average Bonchev–Trinajstić information content (AvgIpc) is 3.19. The van der Waals surface area contributed by atoms with Gasteiger partial charge in [-0.15, -0.1) is 0 Å². The van der Waals surface area contributed by atoms with Crippen LogP contribution in [-0.2, 0) is 6.18 Å². The summed E-state index contributed by atoms with van der Waals surface area (Å²) in [6.45, 7) is 4.06. The summed E-state index contributed by atoms with van der Waals surface area (Å²) >= 11 is 0. The number of anilines is 1. The van der Waals surface area contributed by atoms with Crippen molar-refractivity contribution in [1.82, 2.24) is 4.90 Å². The van der Waals surface area contributed by atoms with Crippen LogP contribution in [0.5, 0.6) is 11.5 Å². The van der Waals surface area contributed by atoms with E-state index < -0.39 is 16.7 Å². The van der Waals surface area contributed by atoms with Crippen LogP contribution in [0.2, 0.25) is 0 Å². The molecule has 2 aliphatic heterocycles. The lowest BCUT2D eigenvalue weighted by Crippen LogP contribution is -2.47. The van der Waals surface area contributed by atoms with Crippen LogP contribution < -0.4 is 14.4 Å². The Kier molecular flexibility index (Phi) is 5.19. The number of piperazine rings is 1. The maximum Gasteiger partial charge on any atom is 0.416 e. The minimum atomic E-state index is -4.38. The summed E-state index contributed by atoms with van der Waals surface area (Å²) in [4.78, 5) is 15.1. The van der Waals surface area contributed by atoms with E-state index in [1.165, 1.54) is 12.1 Å². The average molecular weight is 423 g/mol. The number of fused-ring (bicyclic) bond motifs is 1. The van der Waals surface area contributed by atoms with Crippen molar-refractivity contribution in [3.8, 4) is 11.5 Å². The Morgan fingerprint density at radius 1 is 1.07 bits per heavy atom. The minimum Gasteiger partial charge on any atom is -0.454 e. The van der Waals surface area contributed by atoms with Crippen molar-refractivity contribution in [2.24, 2.45) is 0 Å². The van der Waals surface area contributed by atoms with Gasteiger partial charge in [-0.25, -0.2) is 0 Å². The highest BCUT2D eigenvalue weighted by molar-refractivity contribution is 5.56. The molecule has 0 bridgehead atoms. The van der Waals surface area contributed by atoms with Gasteiger partial charge in [0.25, 0.3) is 5.69 Å². The zero-order valence-corrected chi connectivity index (χ0v) is 16.2. The zero-order chi connectivity index (χ0) is 21.5. The Hall–Kier alpha value is -3.01. The molecule has 2 aromatic rings. The van der Waals surface area contributed by atoms with Gasteiger partial charge in [-0.2, -0.15) is 13.2 Å². The van der Waals surface area contributed by atoms with E-state index >= 15 is 0 Å². The Morgan fingerprint density at radius 3 is 2.37 bits per heavy atom. The number of nitrogens with zero attached hydrogens (tertiary/aromatic N) is 3. The zero-order valence-electron chi connectivity index (χ0n) is 16.2. The lowest BCUT2D eigenvalue weighted by Gasteiger charge is -2.39. The minimum absolute atomic E-state index is 0.0278. The molecule has 160 valence electrons. The van der Waals surface area contributed by atoms with E-state index in [1.54, 1.807) is 12.1 Å². The second-order valence-electron chi connectivity index (χ2n) is 7.27. The third-order valence-electron chi connectivity index (χ3n) is 5.57. The summed E-state index contributed by atoms with van der Waals surface area (Å²) in [5.74, 6) is 0.831. The van der Waals surface area contributed by atoms with Crippen molar-refractivity contribution in [3.63, 3.8) is 0 Å². The summed E-state index contributed by atoms with van der Waals surface area (Å²) in [5.41, 5.74) is 0.335. The summed E-state index contributed by atoms with van der Waals surface area (Å²) < 4.78 is 49.6. The predicted octanol–water partition coefficient (Wildman–Crippen LogP) is 4.23. The molecule has 7 nitrogen and oxygen atoms in total. The summed E-state index contributed by atoms with van der Waals surface area (Å²) in [6.07, 6.45) is -4.38. The molecule has 1 atom stereocenters. The van der Waals surface area contributed by atoms with Gasteiger partial charge in [-0.05, 0) is 31.2 Å². The second kappa shape index (κ2) is 7.67. The number of nitro groups is 1. The van der Waals surface area contributed by atoms with E-state index in [0.29, 0.717) is 48.9 Å². The van der Waals surface area contributed by atoms with Gasteiger partial charge in [0, 0.05) is 37.9 Å². The van der Waals surface area contributed by atoms with Crippen molar-refractivity contribution in [3.05, 3.63) is 57.6 Å². The molecule has 0 amide bonds. The molecule has 10 heteroatoms. The molecule has 1 fully saturated rings. The largest absolute Gasteiger partial charge is 0.454 e. The lowest BCUT2D eigenvalue weighted by molar-refractivity contribution is -0.386. The van der Waals surface area contributed by atoms with E-state index in [4.69, 9.17) is 9.47 Å². The van der Waals surface area contributed by atoms with Gasteiger partial charge >= 0.3 is 6.18 Å². The standard InChI is InChI=1S/C20H20F3N3O4/c1-13(16-10-18-19(30-12-29-18)11-17(16)26(27)28)24-5-7-25(8-6-24)15-4-2-3-14(9-15)20(21,22)23/h2-4,9-11,13H,5-8,12H2,1H3. The van der Waals surface area contributed by atoms with E-state index in [9.17, 15) is 23.3 Å². The molecule has 0 radical (unpaired) electrons. The Labute approximate surface area is 170 Å². The number of hydrogen-bond acceptors (Lipinski definition) is 6. The number of ether oxygens (including phenoxy) is 2. The fourth-order valence-corrected chi connectivity index (χ4v) is 3.88. The molecule has 1 saturated heterocycles. The monoisotopic (exact) mass is 423 g/mol. The number of benzene rings is 2. The van der Waals surface area contributed by atoms with Crippen molar-refractivity contribution in [2.45, 2.75) is 19.1 Å². The van der Waals surface area contributed by atoms with Gasteiger partial charge in [0.1, 0.15) is 0 Å². The van der Waals surface area contributed by atoms with E-state index in [2.05, 4.69) is 4.90 Å². The number of alkyl halides is 3. The summed E-state index contributed by atoms with van der Waals surface area (Å²) in [5, 5.41) is 11.5. The third kappa shape index (κ3) is 3.87. The molecular formula is C20H20F3N3O4. The van der Waals surface area contributed by atoms with Crippen molar-refractivity contribution in [2.75, 3.05) is 37.9 Å². The first kappa shape index (κ1) is 20.3. The summed E-state index contributed by atoms with van der Waals surface area (Å²) in [6, 6.07) is 8.04. The first-order valence-corrected chi connectivity index (χ1v) is 9.48. The quantitative estimate of drug-likeness (QED) is 0.542. The van der Waals surface area contributed by atoms with Crippen molar-refractivity contribution in [1.29, 1.82) is 0 Å². The maximum atomic E-state index is 13.0. The van der Waals surface area contributed by atoms with Gasteiger partial charge in [-0.3, -0.25) is 15.0 Å².